The van der Waals surface area contributed by atoms with E-state index < -0.39 is 0 Å². The van der Waals surface area contributed by atoms with Gasteiger partial charge in [-0.1, -0.05) is 0 Å². The van der Waals surface area contributed by atoms with E-state index >= 15 is 0 Å². The first-order chi connectivity index (χ1) is 3.97. The Morgan fingerprint density at radius 2 is 2.75 bits per heavy atom. The fourth-order valence-electron chi connectivity index (χ4n) is 0.514. The lowest BCUT2D eigenvalue weighted by Gasteiger charge is -1.67. The minimum Gasteiger partial charge on any atom is -0.303 e. The molecule has 0 aliphatic carbocycles. The number of aromatic amines is 1. The van der Waals surface area contributed by atoms with Crippen LogP contribution >= 0.6 is 0 Å². The third-order valence-corrected chi connectivity index (χ3v) is 0.843. The van der Waals surface area contributed by atoms with Crippen molar-refractivity contribution in [1.82, 2.24) is 24.8 Å². The van der Waals surface area contributed by atoms with Crippen LogP contribution in [0.15, 0.2) is 6.33 Å². The summed E-state index contributed by atoms with van der Waals surface area (Å²) in [6, 6.07) is 0. The second-order valence-electron chi connectivity index (χ2n) is 1.31. The highest BCUT2D eigenvalue weighted by molar-refractivity contribution is 5.18. The molecule has 0 aliphatic heterocycles. The summed E-state index contributed by atoms with van der Waals surface area (Å²) in [6.07, 6.45) is 3.90. The zero-order chi connectivity index (χ0) is 5.40. The van der Waals surface area contributed by atoms with Crippen molar-refractivity contribution < 1.29 is 0 Å². The minimum absolute atomic E-state index is 0.616. The second kappa shape index (κ2) is 1.06. The van der Waals surface area contributed by atoms with Crippen LogP contribution in [0.25, 0.3) is 5.78 Å². The zero-order valence-corrected chi connectivity index (χ0v) is 3.87. The summed E-state index contributed by atoms with van der Waals surface area (Å²) < 4.78 is 1.36. The first-order valence-electron chi connectivity index (χ1n) is 2.09. The Morgan fingerprint density at radius 3 is 3.62 bits per heavy atom. The van der Waals surface area contributed by atoms with Crippen LogP contribution in [0, 0.1) is 6.33 Å². The van der Waals surface area contributed by atoms with E-state index in [-0.39, 0.29) is 0 Å². The molecule has 2 heterocycles. The van der Waals surface area contributed by atoms with Gasteiger partial charge in [-0.2, -0.15) is 4.98 Å². The molecular formula is C3H2N5. The largest absolute Gasteiger partial charge is 0.303 e. The van der Waals surface area contributed by atoms with Gasteiger partial charge < -0.3 is 4.98 Å². The van der Waals surface area contributed by atoms with Crippen LogP contribution in [-0.2, 0) is 0 Å². The zero-order valence-electron chi connectivity index (χ0n) is 3.87. The molecule has 5 heteroatoms. The first kappa shape index (κ1) is 3.59. The standard InChI is InChI=1S/C3H2N5/c1-4-3-5-2-7-8(3)6-1/h1H,(H,4,5,6,7). The van der Waals surface area contributed by atoms with Crippen molar-refractivity contribution in [3.8, 4) is 0 Å². The maximum atomic E-state index is 3.78. The van der Waals surface area contributed by atoms with E-state index in [1.807, 2.05) is 0 Å². The van der Waals surface area contributed by atoms with E-state index in [1.165, 1.54) is 11.0 Å². The molecule has 0 bridgehead atoms. The molecule has 0 aliphatic rings. The summed E-state index contributed by atoms with van der Waals surface area (Å²) >= 11 is 0. The molecule has 8 heavy (non-hydrogen) atoms. The SMILES string of the molecule is [c]1nn2ncnc2[nH]1. The maximum absolute atomic E-state index is 3.78. The lowest BCUT2D eigenvalue weighted by Crippen LogP contribution is -1.82. The minimum atomic E-state index is 0.616. The Kier molecular flexibility index (Phi) is 0.476. The van der Waals surface area contributed by atoms with E-state index in [0.717, 1.165) is 0 Å². The van der Waals surface area contributed by atoms with E-state index in [4.69, 9.17) is 0 Å². The van der Waals surface area contributed by atoms with Gasteiger partial charge in [0.05, 0.1) is 0 Å². The van der Waals surface area contributed by atoms with Crippen LogP contribution in [0.3, 0.4) is 0 Å². The lowest BCUT2D eigenvalue weighted by atomic mass is 11.1. The quantitative estimate of drug-likeness (QED) is 0.483. The lowest BCUT2D eigenvalue weighted by molar-refractivity contribution is 0.818. The fourth-order valence-corrected chi connectivity index (χ4v) is 0.514. The average molecular weight is 108 g/mol. The van der Waals surface area contributed by atoms with Crippen LogP contribution in [0.5, 0.6) is 0 Å². The van der Waals surface area contributed by atoms with Gasteiger partial charge in [-0.15, -0.1) is 14.8 Å². The number of nitrogens with zero attached hydrogens (tertiary/aromatic N) is 4. The number of hydrogen-bond donors (Lipinski definition) is 1. The Balaban J connectivity index is 3.06. The molecule has 0 amide bonds. The van der Waals surface area contributed by atoms with E-state index in [9.17, 15) is 0 Å². The molecule has 0 saturated carbocycles. The van der Waals surface area contributed by atoms with Crippen molar-refractivity contribution in [1.29, 1.82) is 0 Å². The van der Waals surface area contributed by atoms with Crippen LogP contribution in [0.1, 0.15) is 0 Å². The molecule has 2 aromatic heterocycles. The van der Waals surface area contributed by atoms with Gasteiger partial charge in [0.25, 0.3) is 0 Å². The molecule has 0 aromatic carbocycles. The summed E-state index contributed by atoms with van der Waals surface area (Å²) in [7, 11) is 0. The molecule has 5 nitrogen and oxygen atoms in total. The Bertz CT molecular complexity index is 229. The summed E-state index contributed by atoms with van der Waals surface area (Å²) in [4.78, 5) is 6.43. The van der Waals surface area contributed by atoms with E-state index in [1.54, 1.807) is 0 Å². The van der Waals surface area contributed by atoms with Gasteiger partial charge >= 0.3 is 0 Å². The van der Waals surface area contributed by atoms with Crippen molar-refractivity contribution in [2.75, 3.05) is 0 Å². The highest BCUT2D eigenvalue weighted by Gasteiger charge is 1.91. The average Bonchev–Trinajstić information content (AvgIpc) is 2.15. The Morgan fingerprint density at radius 1 is 1.75 bits per heavy atom. The molecule has 2 aromatic rings. The first-order valence-corrected chi connectivity index (χ1v) is 2.09. The highest BCUT2D eigenvalue weighted by Crippen LogP contribution is 1.83. The van der Waals surface area contributed by atoms with Crippen molar-refractivity contribution in [3.05, 3.63) is 12.7 Å². The number of fused-ring (bicyclic) bond motifs is 1. The molecule has 0 fully saturated rings. The van der Waals surface area contributed by atoms with Crippen molar-refractivity contribution >= 4 is 5.78 Å². The molecule has 39 valence electrons. The second-order valence-corrected chi connectivity index (χ2v) is 1.31. The number of H-pyrrole nitrogens is 1. The summed E-state index contributed by atoms with van der Waals surface area (Å²) in [6.45, 7) is 0. The van der Waals surface area contributed by atoms with Crippen LogP contribution in [0.2, 0.25) is 0 Å². The summed E-state index contributed by atoms with van der Waals surface area (Å²) in [5.41, 5.74) is 0. The van der Waals surface area contributed by atoms with E-state index in [2.05, 4.69) is 26.5 Å². The smallest absolute Gasteiger partial charge is 0.249 e. The predicted octanol–water partition coefficient (Wildman–Crippen LogP) is -0.747. The van der Waals surface area contributed by atoms with Gasteiger partial charge in [-0.3, -0.25) is 0 Å². The van der Waals surface area contributed by atoms with E-state index in [0.29, 0.717) is 5.78 Å². The summed E-state index contributed by atoms with van der Waals surface area (Å²) in [5, 5.41) is 7.35. The maximum Gasteiger partial charge on any atom is 0.249 e. The van der Waals surface area contributed by atoms with Crippen molar-refractivity contribution in [2.45, 2.75) is 0 Å². The van der Waals surface area contributed by atoms with Crippen LogP contribution in [0.4, 0.5) is 0 Å². The monoisotopic (exact) mass is 108 g/mol. The van der Waals surface area contributed by atoms with Gasteiger partial charge in [-0.05, 0) is 0 Å². The van der Waals surface area contributed by atoms with Gasteiger partial charge in [0.2, 0.25) is 12.1 Å². The molecule has 0 spiro atoms. The number of rotatable bonds is 0. The highest BCUT2D eigenvalue weighted by atomic mass is 15.5. The predicted molar refractivity (Wildman–Crippen MR) is 24.0 cm³/mol. The van der Waals surface area contributed by atoms with Gasteiger partial charge in [0.15, 0.2) is 0 Å². The van der Waals surface area contributed by atoms with Crippen molar-refractivity contribution in [3.63, 3.8) is 0 Å². The third-order valence-electron chi connectivity index (χ3n) is 0.843. The fraction of sp³-hybridized carbons (Fsp3) is 0. The van der Waals surface area contributed by atoms with Gasteiger partial charge in [-0.25, -0.2) is 0 Å². The van der Waals surface area contributed by atoms with Crippen molar-refractivity contribution in [2.24, 2.45) is 0 Å². The molecular weight excluding hydrogens is 106 g/mol. The Hall–Kier alpha value is -1.39. The van der Waals surface area contributed by atoms with Crippen LogP contribution < -0.4 is 0 Å². The normalized spacial score (nSPS) is 10.5. The van der Waals surface area contributed by atoms with Crippen LogP contribution in [-0.4, -0.2) is 24.8 Å². The number of hydrogen-bond acceptors (Lipinski definition) is 3. The van der Waals surface area contributed by atoms with Gasteiger partial charge in [0, 0.05) is 0 Å². The van der Waals surface area contributed by atoms with Gasteiger partial charge in [0.1, 0.15) is 6.33 Å². The Labute approximate surface area is 44.4 Å². The number of nitrogens with one attached hydrogen (secondary N) is 1. The summed E-state index contributed by atoms with van der Waals surface area (Å²) in [5.74, 6) is 0.616. The topological polar surface area (TPSA) is 58.9 Å². The molecule has 0 saturated heterocycles. The molecule has 0 unspecified atom stereocenters. The number of aromatic nitrogens is 5. The molecule has 2 rings (SSSR count). The molecule has 1 N–H and O–H groups in total. The molecule has 0 atom stereocenters. The molecule has 1 radical (unpaired) electrons. The third kappa shape index (κ3) is 0.281.